The summed E-state index contributed by atoms with van der Waals surface area (Å²) in [4.78, 5) is 13.0. The van der Waals surface area contributed by atoms with Crippen LogP contribution in [0.3, 0.4) is 0 Å². The molecule has 2 rings (SSSR count). The van der Waals surface area contributed by atoms with Crippen LogP contribution in [0.25, 0.3) is 0 Å². The number of likely N-dealkylation sites (N-methyl/N-ethyl adjacent to an activating group) is 1. The zero-order valence-corrected chi connectivity index (χ0v) is 13.2. The van der Waals surface area contributed by atoms with Crippen molar-refractivity contribution in [2.45, 2.75) is 53.7 Å². The molecule has 2 atom stereocenters. The van der Waals surface area contributed by atoms with E-state index >= 15 is 0 Å². The van der Waals surface area contributed by atoms with Crippen molar-refractivity contribution in [1.82, 2.24) is 4.90 Å². The molecule has 1 aliphatic heterocycles. The van der Waals surface area contributed by atoms with Gasteiger partial charge in [0.2, 0.25) is 0 Å². The molecule has 1 aromatic carbocycles. The molecule has 0 radical (unpaired) electrons. The van der Waals surface area contributed by atoms with E-state index in [1.807, 2.05) is 65.8 Å². The molecule has 0 aliphatic carbocycles. The third-order valence-corrected chi connectivity index (χ3v) is 3.06. The highest BCUT2D eigenvalue weighted by molar-refractivity contribution is 5.70. The Kier molecular flexibility index (Phi) is 7.89. The fraction of sp³-hybridized carbons (Fsp3) is 0.562. The van der Waals surface area contributed by atoms with E-state index in [1.54, 1.807) is 11.9 Å². The van der Waals surface area contributed by atoms with E-state index in [4.69, 9.17) is 4.74 Å². The lowest BCUT2D eigenvalue weighted by molar-refractivity contribution is 0.131. The predicted molar refractivity (Wildman–Crippen MR) is 80.3 cm³/mol. The number of rotatable bonds is 1. The van der Waals surface area contributed by atoms with Gasteiger partial charge < -0.3 is 9.64 Å². The lowest BCUT2D eigenvalue weighted by Gasteiger charge is -2.18. The smallest absolute Gasteiger partial charge is 0.410 e. The third-order valence-electron chi connectivity index (χ3n) is 3.06. The van der Waals surface area contributed by atoms with Gasteiger partial charge in [0.25, 0.3) is 0 Å². The van der Waals surface area contributed by atoms with E-state index in [-0.39, 0.29) is 18.2 Å². The summed E-state index contributed by atoms with van der Waals surface area (Å²) >= 11 is 0. The van der Waals surface area contributed by atoms with Crippen LogP contribution in [0.5, 0.6) is 0 Å². The second-order valence-electron chi connectivity index (χ2n) is 4.01. The van der Waals surface area contributed by atoms with Gasteiger partial charge >= 0.3 is 6.09 Å². The fourth-order valence-corrected chi connectivity index (χ4v) is 1.89. The number of cyclic esters (lactones) is 1. The van der Waals surface area contributed by atoms with Crippen LogP contribution in [0.4, 0.5) is 4.79 Å². The average Bonchev–Trinajstić information content (AvgIpc) is 2.71. The second-order valence-corrected chi connectivity index (χ2v) is 4.01. The first-order valence-corrected chi connectivity index (χ1v) is 7.10. The second kappa shape index (κ2) is 8.57. The van der Waals surface area contributed by atoms with Gasteiger partial charge in [0.05, 0.1) is 6.04 Å². The minimum absolute atomic E-state index is 0.0959. The van der Waals surface area contributed by atoms with Crippen LogP contribution in [-0.4, -0.2) is 24.1 Å². The molecule has 3 nitrogen and oxygen atoms in total. The van der Waals surface area contributed by atoms with E-state index in [2.05, 4.69) is 0 Å². The van der Waals surface area contributed by atoms with E-state index in [0.717, 1.165) is 11.1 Å². The fourth-order valence-electron chi connectivity index (χ4n) is 1.89. The van der Waals surface area contributed by atoms with Gasteiger partial charge in [-0.25, -0.2) is 4.79 Å². The third kappa shape index (κ3) is 3.98. The molecule has 1 saturated heterocycles. The van der Waals surface area contributed by atoms with Crippen LogP contribution in [0, 0.1) is 6.92 Å². The van der Waals surface area contributed by atoms with E-state index in [1.165, 1.54) is 0 Å². The molecule has 1 fully saturated rings. The minimum atomic E-state index is -0.240. The van der Waals surface area contributed by atoms with Gasteiger partial charge in [0.1, 0.15) is 6.10 Å². The van der Waals surface area contributed by atoms with Crippen LogP contribution < -0.4 is 0 Å². The molecule has 0 aromatic heterocycles. The van der Waals surface area contributed by atoms with Crippen LogP contribution in [0.1, 0.15) is 51.8 Å². The van der Waals surface area contributed by atoms with Gasteiger partial charge in [-0.1, -0.05) is 52.0 Å². The Morgan fingerprint density at radius 3 is 2.05 bits per heavy atom. The van der Waals surface area contributed by atoms with Crippen LogP contribution in [0.15, 0.2) is 24.3 Å². The number of amides is 1. The van der Waals surface area contributed by atoms with E-state index < -0.39 is 0 Å². The quantitative estimate of drug-likeness (QED) is 0.745. The van der Waals surface area contributed by atoms with Crippen molar-refractivity contribution >= 4 is 6.09 Å². The van der Waals surface area contributed by atoms with E-state index in [9.17, 15) is 4.79 Å². The number of hydrogen-bond acceptors (Lipinski definition) is 2. The maximum atomic E-state index is 11.4. The molecular weight excluding hydrogens is 238 g/mol. The van der Waals surface area contributed by atoms with Crippen molar-refractivity contribution in [3.8, 4) is 0 Å². The Labute approximate surface area is 117 Å². The minimum Gasteiger partial charge on any atom is -0.439 e. The molecule has 3 heteroatoms. The Morgan fingerprint density at radius 2 is 1.63 bits per heavy atom. The number of carbonyl (C=O) groups is 1. The van der Waals surface area contributed by atoms with Crippen molar-refractivity contribution in [2.75, 3.05) is 7.05 Å². The Balaban J connectivity index is 0.000000741. The van der Waals surface area contributed by atoms with E-state index in [0.29, 0.717) is 0 Å². The highest BCUT2D eigenvalue weighted by atomic mass is 16.6. The molecule has 0 saturated carbocycles. The maximum Gasteiger partial charge on any atom is 0.410 e. The first-order chi connectivity index (χ1) is 9.11. The molecule has 2 unspecified atom stereocenters. The molecule has 0 spiro atoms. The molecule has 0 N–H and O–H groups in total. The molecule has 1 heterocycles. The van der Waals surface area contributed by atoms with Gasteiger partial charge in [0.15, 0.2) is 0 Å². The van der Waals surface area contributed by atoms with Crippen molar-refractivity contribution < 1.29 is 9.53 Å². The van der Waals surface area contributed by atoms with Crippen LogP contribution in [0.2, 0.25) is 0 Å². The Hall–Kier alpha value is -1.51. The normalized spacial score (nSPS) is 20.8. The molecule has 1 aliphatic rings. The molecule has 108 valence electrons. The monoisotopic (exact) mass is 265 g/mol. The lowest BCUT2D eigenvalue weighted by atomic mass is 9.99. The van der Waals surface area contributed by atoms with Crippen molar-refractivity contribution in [2.24, 2.45) is 0 Å². The van der Waals surface area contributed by atoms with Gasteiger partial charge in [0, 0.05) is 7.05 Å². The SMILES string of the molecule is CC.CC.Cc1ccccc1C1OC(=O)N(C)C1C. The van der Waals surface area contributed by atoms with Gasteiger partial charge in [-0.3, -0.25) is 0 Å². The lowest BCUT2D eigenvalue weighted by Crippen LogP contribution is -2.27. The number of aryl methyl sites for hydroxylation is 1. The molecule has 1 amide bonds. The number of nitrogens with zero attached hydrogens (tertiary/aromatic N) is 1. The van der Waals surface area contributed by atoms with Gasteiger partial charge in [-0.2, -0.15) is 0 Å². The summed E-state index contributed by atoms with van der Waals surface area (Å²) in [7, 11) is 1.77. The van der Waals surface area contributed by atoms with Crippen molar-refractivity contribution in [3.63, 3.8) is 0 Å². The summed E-state index contributed by atoms with van der Waals surface area (Å²) in [5.41, 5.74) is 2.26. The summed E-state index contributed by atoms with van der Waals surface area (Å²) in [5, 5.41) is 0. The summed E-state index contributed by atoms with van der Waals surface area (Å²) < 4.78 is 5.34. The highest BCUT2D eigenvalue weighted by Crippen LogP contribution is 2.32. The van der Waals surface area contributed by atoms with Crippen molar-refractivity contribution in [3.05, 3.63) is 35.4 Å². The average molecular weight is 265 g/mol. The standard InChI is InChI=1S/C12H15NO2.2C2H6/c1-8-6-4-5-7-10(8)11-9(2)13(3)12(14)15-11;2*1-2/h4-7,9,11H,1-3H3;2*1-2H3. The summed E-state index contributed by atoms with van der Waals surface area (Å²) in [5.74, 6) is 0. The molecule has 1 aromatic rings. The maximum absolute atomic E-state index is 11.4. The molecule has 0 bridgehead atoms. The highest BCUT2D eigenvalue weighted by Gasteiger charge is 2.37. The number of carbonyl (C=O) groups excluding carboxylic acids is 1. The topological polar surface area (TPSA) is 29.5 Å². The Bertz CT molecular complexity index is 390. The zero-order chi connectivity index (χ0) is 15.0. The van der Waals surface area contributed by atoms with Crippen molar-refractivity contribution in [1.29, 1.82) is 0 Å². The molecule has 19 heavy (non-hydrogen) atoms. The summed E-state index contributed by atoms with van der Waals surface area (Å²) in [6.07, 6.45) is -0.376. The number of ether oxygens (including phenoxy) is 1. The Morgan fingerprint density at radius 1 is 1.11 bits per heavy atom. The largest absolute Gasteiger partial charge is 0.439 e. The first-order valence-electron chi connectivity index (χ1n) is 7.10. The number of hydrogen-bond donors (Lipinski definition) is 0. The summed E-state index contributed by atoms with van der Waals surface area (Å²) in [6.45, 7) is 12.0. The summed E-state index contributed by atoms with van der Waals surface area (Å²) in [6, 6.07) is 8.11. The van der Waals surface area contributed by atoms with Crippen LogP contribution in [-0.2, 0) is 4.74 Å². The van der Waals surface area contributed by atoms with Gasteiger partial charge in [-0.15, -0.1) is 0 Å². The molecular formula is C16H27NO2. The zero-order valence-electron chi connectivity index (χ0n) is 13.2. The van der Waals surface area contributed by atoms with Gasteiger partial charge in [-0.05, 0) is 25.0 Å². The van der Waals surface area contributed by atoms with Crippen LogP contribution >= 0.6 is 0 Å². The predicted octanol–water partition coefficient (Wildman–Crippen LogP) is 4.56. The number of benzene rings is 1. The first kappa shape index (κ1) is 17.5.